The monoisotopic (exact) mass is 376 g/mol. The van der Waals surface area contributed by atoms with Crippen LogP contribution in [0, 0.1) is 5.82 Å². The fourth-order valence-corrected chi connectivity index (χ4v) is 3.40. The van der Waals surface area contributed by atoms with E-state index in [1.165, 1.54) is 7.11 Å². The fourth-order valence-electron chi connectivity index (χ4n) is 3.40. The number of hydrogen-bond donors (Lipinski definition) is 0. The van der Waals surface area contributed by atoms with Crippen LogP contribution in [0.1, 0.15) is 50.0 Å². The highest BCUT2D eigenvalue weighted by atomic mass is 19.1. The van der Waals surface area contributed by atoms with Crippen LogP contribution >= 0.6 is 0 Å². The molecule has 6 nitrogen and oxygen atoms in total. The molecular weight excluding hydrogens is 347 g/mol. The van der Waals surface area contributed by atoms with Gasteiger partial charge in [0.15, 0.2) is 17.4 Å². The first-order valence-corrected chi connectivity index (χ1v) is 9.72. The number of unbranched alkanes of at least 4 members (excludes halogenated alkanes) is 1. The highest BCUT2D eigenvalue weighted by molar-refractivity contribution is 5.29. The standard InChI is InChI=1S/C20H29FN4O2/c1-4-5-6-19-22-20(27-23-19)15(2)25-11-9-24(10-12-25)14-16-7-8-18(26-3)17(21)13-16/h7-8,13,15H,4-6,9-12,14H2,1-3H3. The maximum Gasteiger partial charge on any atom is 0.243 e. The Morgan fingerprint density at radius 1 is 1.26 bits per heavy atom. The molecule has 27 heavy (non-hydrogen) atoms. The summed E-state index contributed by atoms with van der Waals surface area (Å²) in [6.45, 7) is 8.71. The van der Waals surface area contributed by atoms with Crippen LogP contribution in [0.4, 0.5) is 4.39 Å². The van der Waals surface area contributed by atoms with Crippen LogP contribution in [0.3, 0.4) is 0 Å². The smallest absolute Gasteiger partial charge is 0.243 e. The normalized spacial score (nSPS) is 17.2. The first-order chi connectivity index (χ1) is 13.1. The lowest BCUT2D eigenvalue weighted by atomic mass is 10.1. The molecule has 1 aromatic carbocycles. The molecule has 3 rings (SSSR count). The highest BCUT2D eigenvalue weighted by Crippen LogP contribution is 2.22. The van der Waals surface area contributed by atoms with Crippen molar-refractivity contribution in [2.45, 2.75) is 45.7 Å². The van der Waals surface area contributed by atoms with E-state index in [9.17, 15) is 4.39 Å². The number of nitrogens with zero attached hydrogens (tertiary/aromatic N) is 4. The highest BCUT2D eigenvalue weighted by Gasteiger charge is 2.25. The molecule has 0 aliphatic carbocycles. The van der Waals surface area contributed by atoms with E-state index in [0.717, 1.165) is 63.4 Å². The third-order valence-electron chi connectivity index (χ3n) is 5.17. The van der Waals surface area contributed by atoms with Crippen LogP contribution in [-0.2, 0) is 13.0 Å². The van der Waals surface area contributed by atoms with Crippen molar-refractivity contribution in [2.75, 3.05) is 33.3 Å². The van der Waals surface area contributed by atoms with E-state index in [2.05, 4.69) is 33.8 Å². The molecule has 1 aromatic heterocycles. The second kappa shape index (κ2) is 9.28. The zero-order valence-electron chi connectivity index (χ0n) is 16.4. The van der Waals surface area contributed by atoms with Crippen molar-refractivity contribution >= 4 is 0 Å². The summed E-state index contributed by atoms with van der Waals surface area (Å²) >= 11 is 0. The largest absolute Gasteiger partial charge is 0.494 e. The van der Waals surface area contributed by atoms with Crippen LogP contribution in [0.5, 0.6) is 5.75 Å². The van der Waals surface area contributed by atoms with Crippen molar-refractivity contribution in [3.63, 3.8) is 0 Å². The van der Waals surface area contributed by atoms with Crippen molar-refractivity contribution < 1.29 is 13.7 Å². The molecule has 1 atom stereocenters. The molecule has 148 valence electrons. The van der Waals surface area contributed by atoms with Crippen molar-refractivity contribution in [3.8, 4) is 5.75 Å². The molecule has 0 bridgehead atoms. The average Bonchev–Trinajstić information content (AvgIpc) is 3.15. The van der Waals surface area contributed by atoms with Crippen LogP contribution in [0.25, 0.3) is 0 Å². The van der Waals surface area contributed by atoms with E-state index in [1.807, 2.05) is 6.07 Å². The van der Waals surface area contributed by atoms with E-state index in [-0.39, 0.29) is 17.6 Å². The number of aromatic nitrogens is 2. The minimum Gasteiger partial charge on any atom is -0.494 e. The lowest BCUT2D eigenvalue weighted by Gasteiger charge is -2.36. The lowest BCUT2D eigenvalue weighted by molar-refractivity contribution is 0.0844. The maximum atomic E-state index is 13.9. The third kappa shape index (κ3) is 5.05. The van der Waals surface area contributed by atoms with Crippen LogP contribution < -0.4 is 4.74 Å². The van der Waals surface area contributed by atoms with E-state index < -0.39 is 0 Å². The van der Waals surface area contributed by atoms with Crippen molar-refractivity contribution in [2.24, 2.45) is 0 Å². The second-order valence-corrected chi connectivity index (χ2v) is 7.11. The van der Waals surface area contributed by atoms with Crippen LogP contribution in [0.2, 0.25) is 0 Å². The minimum atomic E-state index is -0.308. The van der Waals surface area contributed by atoms with Gasteiger partial charge in [-0.1, -0.05) is 24.6 Å². The second-order valence-electron chi connectivity index (χ2n) is 7.11. The molecule has 1 fully saturated rings. The first kappa shape index (κ1) is 19.8. The zero-order valence-corrected chi connectivity index (χ0v) is 16.4. The van der Waals surface area contributed by atoms with Crippen LogP contribution in [0.15, 0.2) is 22.7 Å². The Morgan fingerprint density at radius 2 is 2.04 bits per heavy atom. The van der Waals surface area contributed by atoms with Crippen molar-refractivity contribution in [1.29, 1.82) is 0 Å². The fraction of sp³-hybridized carbons (Fsp3) is 0.600. The summed E-state index contributed by atoms with van der Waals surface area (Å²) in [4.78, 5) is 9.25. The quantitative estimate of drug-likeness (QED) is 0.703. The van der Waals surface area contributed by atoms with Gasteiger partial charge < -0.3 is 9.26 Å². The number of ether oxygens (including phenoxy) is 1. The summed E-state index contributed by atoms with van der Waals surface area (Å²) in [7, 11) is 1.48. The molecule has 0 spiro atoms. The van der Waals surface area contributed by atoms with Gasteiger partial charge in [0, 0.05) is 39.1 Å². The molecule has 1 aliphatic heterocycles. The molecular formula is C20H29FN4O2. The van der Waals surface area contributed by atoms with E-state index in [0.29, 0.717) is 5.89 Å². The van der Waals surface area contributed by atoms with Gasteiger partial charge in [0.1, 0.15) is 0 Å². The van der Waals surface area contributed by atoms with E-state index in [4.69, 9.17) is 9.26 Å². The van der Waals surface area contributed by atoms with Gasteiger partial charge >= 0.3 is 0 Å². The van der Waals surface area contributed by atoms with Gasteiger partial charge in [0.2, 0.25) is 5.89 Å². The average molecular weight is 376 g/mol. The molecule has 0 amide bonds. The van der Waals surface area contributed by atoms with Gasteiger partial charge in [-0.3, -0.25) is 9.80 Å². The zero-order chi connectivity index (χ0) is 19.2. The number of aryl methyl sites for hydroxylation is 1. The Kier molecular flexibility index (Phi) is 6.79. The number of rotatable bonds is 8. The number of benzene rings is 1. The molecule has 1 saturated heterocycles. The number of halogens is 1. The van der Waals surface area contributed by atoms with E-state index in [1.54, 1.807) is 12.1 Å². The summed E-state index contributed by atoms with van der Waals surface area (Å²) < 4.78 is 24.3. The SMILES string of the molecule is CCCCc1noc(C(C)N2CCN(Cc3ccc(OC)c(F)c3)CC2)n1. The molecule has 7 heteroatoms. The molecule has 1 unspecified atom stereocenters. The predicted octanol–water partition coefficient (Wildman–Crippen LogP) is 3.44. The van der Waals surface area contributed by atoms with Crippen LogP contribution in [-0.4, -0.2) is 53.2 Å². The first-order valence-electron chi connectivity index (χ1n) is 9.72. The molecule has 0 saturated carbocycles. The summed E-state index contributed by atoms with van der Waals surface area (Å²) in [5.74, 6) is 1.48. The topological polar surface area (TPSA) is 54.6 Å². The molecule has 1 aliphatic rings. The predicted molar refractivity (Wildman–Crippen MR) is 101 cm³/mol. The summed E-state index contributed by atoms with van der Waals surface area (Å²) in [6.07, 6.45) is 3.08. The van der Waals surface area contributed by atoms with Gasteiger partial charge in [-0.25, -0.2) is 4.39 Å². The Balaban J connectivity index is 1.50. The number of methoxy groups -OCH3 is 1. The van der Waals surface area contributed by atoms with Crippen molar-refractivity contribution in [3.05, 3.63) is 41.3 Å². The summed E-state index contributed by atoms with van der Waals surface area (Å²) in [5.41, 5.74) is 0.965. The third-order valence-corrected chi connectivity index (χ3v) is 5.17. The Bertz CT molecular complexity index is 729. The molecule has 0 N–H and O–H groups in total. The summed E-state index contributed by atoms with van der Waals surface area (Å²) in [5, 5.41) is 4.09. The summed E-state index contributed by atoms with van der Waals surface area (Å²) in [6, 6.07) is 5.29. The van der Waals surface area contributed by atoms with E-state index >= 15 is 0 Å². The number of hydrogen-bond acceptors (Lipinski definition) is 6. The van der Waals surface area contributed by atoms with Gasteiger partial charge in [-0.05, 0) is 31.0 Å². The van der Waals surface area contributed by atoms with Gasteiger partial charge in [0.05, 0.1) is 13.2 Å². The van der Waals surface area contributed by atoms with Crippen molar-refractivity contribution in [1.82, 2.24) is 19.9 Å². The molecule has 0 radical (unpaired) electrons. The Hall–Kier alpha value is -1.99. The lowest BCUT2D eigenvalue weighted by Crippen LogP contribution is -2.46. The molecule has 2 heterocycles. The maximum absolute atomic E-state index is 13.9. The van der Waals surface area contributed by atoms with Gasteiger partial charge in [-0.15, -0.1) is 0 Å². The Morgan fingerprint density at radius 3 is 2.70 bits per heavy atom. The van der Waals surface area contributed by atoms with Gasteiger partial charge in [-0.2, -0.15) is 4.98 Å². The van der Waals surface area contributed by atoms with Gasteiger partial charge in [0.25, 0.3) is 0 Å². The molecule has 2 aromatic rings. The number of piperazine rings is 1. The Labute approximate surface area is 160 Å². The minimum absolute atomic E-state index is 0.119.